The number of pyridine rings is 1. The predicted molar refractivity (Wildman–Crippen MR) is 190 cm³/mol. The second-order valence-electron chi connectivity index (χ2n) is 13.6. The summed E-state index contributed by atoms with van der Waals surface area (Å²) in [6, 6.07) is 4.56. The summed E-state index contributed by atoms with van der Waals surface area (Å²) in [5.74, 6) is -5.84. The monoisotopic (exact) mass is 766 g/mol. The third kappa shape index (κ3) is 8.87. The molecule has 0 radical (unpaired) electrons. The number of aryl methyl sites for hydroxylation is 1. The summed E-state index contributed by atoms with van der Waals surface area (Å²) >= 11 is 0. The molecule has 2 N–H and O–H groups in total. The first kappa shape index (κ1) is 38.7. The lowest BCUT2D eigenvalue weighted by Gasteiger charge is -2.35. The van der Waals surface area contributed by atoms with Gasteiger partial charge in [0, 0.05) is 63.8 Å². The van der Waals surface area contributed by atoms with Crippen LogP contribution < -0.4 is 15.8 Å². The molecule has 0 unspecified atom stereocenters. The van der Waals surface area contributed by atoms with Gasteiger partial charge in [0.25, 0.3) is 11.5 Å². The molecule has 1 atom stereocenters. The van der Waals surface area contributed by atoms with Gasteiger partial charge in [0.2, 0.25) is 0 Å². The Morgan fingerprint density at radius 2 is 1.79 bits per heavy atom. The molecule has 1 amide bonds. The Bertz CT molecular complexity index is 1920. The van der Waals surface area contributed by atoms with Crippen LogP contribution in [-0.4, -0.2) is 109 Å². The van der Waals surface area contributed by atoms with Crippen LogP contribution in [0.5, 0.6) is 0 Å². The van der Waals surface area contributed by atoms with Crippen molar-refractivity contribution < 1.29 is 45.7 Å². The van der Waals surface area contributed by atoms with Gasteiger partial charge in [-0.15, -0.1) is 0 Å². The standard InChI is InChI=1S/C35H45F3N6O8S/c1-23(25-5-2-6-27(30(25)36)35(37,38)24-8-11-43(12-9-24)34(46)47)41-31-26-21-28(42-13-19-53(48,49)20-14-42)33(45)44(32(26)40-22-39-31)10-4-16-50-15-3-7-29-51-17-18-52-29/h2,5-6,21-24,29H,3-4,7-20H2,1H3,(H,46,47)(H,39,40,41)/t23-/m1/s1. The van der Waals surface area contributed by atoms with Crippen molar-refractivity contribution in [2.45, 2.75) is 63.8 Å². The number of ether oxygens (including phenoxy) is 3. The first-order valence-corrected chi connectivity index (χ1v) is 19.7. The Labute approximate surface area is 305 Å². The lowest BCUT2D eigenvalue weighted by atomic mass is 9.85. The molecular formula is C35H45F3N6O8S. The van der Waals surface area contributed by atoms with Gasteiger partial charge in [-0.1, -0.05) is 18.2 Å². The minimum atomic E-state index is -3.54. The quantitative estimate of drug-likeness (QED) is 0.223. The highest BCUT2D eigenvalue weighted by Crippen LogP contribution is 2.43. The zero-order valence-corrected chi connectivity index (χ0v) is 30.3. The van der Waals surface area contributed by atoms with Crippen molar-refractivity contribution in [3.05, 3.63) is 57.9 Å². The lowest BCUT2D eigenvalue weighted by molar-refractivity contribution is -0.0861. The molecule has 18 heteroatoms. The maximum Gasteiger partial charge on any atom is 0.407 e. The molecule has 1 aromatic carbocycles. The van der Waals surface area contributed by atoms with E-state index in [1.54, 1.807) is 17.9 Å². The molecule has 3 saturated heterocycles. The second-order valence-corrected chi connectivity index (χ2v) is 15.9. The van der Waals surface area contributed by atoms with Crippen molar-refractivity contribution in [2.24, 2.45) is 5.92 Å². The SMILES string of the molecule is C[C@@H](Nc1ncnc2c1cc(N1CCS(=O)(=O)CC1)c(=O)n2CCCOCCCC1OCCO1)c1cccc(C(F)(F)C2CCN(C(=O)O)CC2)c1F. The number of sulfone groups is 1. The highest BCUT2D eigenvalue weighted by Gasteiger charge is 2.45. The third-order valence-corrected chi connectivity index (χ3v) is 11.7. The van der Waals surface area contributed by atoms with Gasteiger partial charge in [-0.25, -0.2) is 36.4 Å². The zero-order valence-electron chi connectivity index (χ0n) is 29.5. The van der Waals surface area contributed by atoms with Gasteiger partial charge in [-0.05, 0) is 38.7 Å². The van der Waals surface area contributed by atoms with Gasteiger partial charge < -0.3 is 34.4 Å². The zero-order chi connectivity index (χ0) is 37.8. The number of fused-ring (bicyclic) bond motifs is 1. The van der Waals surface area contributed by atoms with Crippen LogP contribution in [0, 0.1) is 11.7 Å². The molecule has 2 aromatic heterocycles. The normalized spacial score (nSPS) is 19.2. The number of rotatable bonds is 14. The highest BCUT2D eigenvalue weighted by molar-refractivity contribution is 7.91. The first-order chi connectivity index (χ1) is 25.4. The van der Waals surface area contributed by atoms with Crippen LogP contribution in [0.1, 0.15) is 56.2 Å². The van der Waals surface area contributed by atoms with Crippen LogP contribution in [0.2, 0.25) is 0 Å². The van der Waals surface area contributed by atoms with Gasteiger partial charge >= 0.3 is 6.09 Å². The van der Waals surface area contributed by atoms with E-state index in [-0.39, 0.29) is 91.6 Å². The summed E-state index contributed by atoms with van der Waals surface area (Å²) in [6.45, 7) is 3.97. The highest BCUT2D eigenvalue weighted by atomic mass is 32.2. The fraction of sp³-hybridized carbons (Fsp3) is 0.600. The van der Waals surface area contributed by atoms with Crippen molar-refractivity contribution in [3.8, 4) is 0 Å². The number of hydrogen-bond acceptors (Lipinski definition) is 11. The number of carboxylic acid groups (broad SMARTS) is 1. The van der Waals surface area contributed by atoms with E-state index >= 15 is 13.2 Å². The molecule has 3 fully saturated rings. The van der Waals surface area contributed by atoms with Crippen LogP contribution in [0.25, 0.3) is 11.0 Å². The molecule has 5 heterocycles. The van der Waals surface area contributed by atoms with Crippen LogP contribution in [0.3, 0.4) is 0 Å². The van der Waals surface area contributed by atoms with Gasteiger partial charge in [-0.2, -0.15) is 0 Å². The summed E-state index contributed by atoms with van der Waals surface area (Å²) in [5, 5.41) is 12.8. The number of carbonyl (C=O) groups is 1. The van der Waals surface area contributed by atoms with Crippen molar-refractivity contribution in [2.75, 3.05) is 74.3 Å². The second kappa shape index (κ2) is 16.6. The van der Waals surface area contributed by atoms with Gasteiger partial charge in [-0.3, -0.25) is 9.36 Å². The molecule has 53 heavy (non-hydrogen) atoms. The van der Waals surface area contributed by atoms with Crippen LogP contribution >= 0.6 is 0 Å². The van der Waals surface area contributed by atoms with E-state index < -0.39 is 45.2 Å². The molecule has 6 rings (SSSR count). The molecule has 0 spiro atoms. The van der Waals surface area contributed by atoms with Crippen LogP contribution in [0.15, 0.2) is 35.4 Å². The van der Waals surface area contributed by atoms with Gasteiger partial charge in [0.05, 0.1) is 41.7 Å². The average Bonchev–Trinajstić information content (AvgIpc) is 3.66. The lowest BCUT2D eigenvalue weighted by Crippen LogP contribution is -2.43. The number of aromatic nitrogens is 3. The van der Waals surface area contributed by atoms with Crippen molar-refractivity contribution in [1.82, 2.24) is 19.4 Å². The van der Waals surface area contributed by atoms with E-state index in [1.807, 2.05) is 0 Å². The summed E-state index contributed by atoms with van der Waals surface area (Å²) in [6.07, 6.45) is 1.59. The fourth-order valence-corrected chi connectivity index (χ4v) is 8.30. The molecule has 3 aliphatic heterocycles. The summed E-state index contributed by atoms with van der Waals surface area (Å²) in [5.41, 5.74) is -0.604. The number of halogens is 3. The molecule has 290 valence electrons. The minimum Gasteiger partial charge on any atom is -0.465 e. The molecule has 3 aliphatic rings. The molecular weight excluding hydrogens is 721 g/mol. The average molecular weight is 767 g/mol. The summed E-state index contributed by atoms with van der Waals surface area (Å²) < 4.78 is 90.1. The summed E-state index contributed by atoms with van der Waals surface area (Å²) in [7, 11) is -3.24. The van der Waals surface area contributed by atoms with Crippen molar-refractivity contribution in [1.29, 1.82) is 0 Å². The van der Waals surface area contributed by atoms with E-state index in [0.717, 1.165) is 17.4 Å². The number of anilines is 2. The topological polar surface area (TPSA) is 165 Å². The van der Waals surface area contributed by atoms with Gasteiger partial charge in [0.15, 0.2) is 16.1 Å². The third-order valence-electron chi connectivity index (χ3n) is 10.1. The first-order valence-electron chi connectivity index (χ1n) is 17.9. The van der Waals surface area contributed by atoms with Crippen LogP contribution in [0.4, 0.5) is 29.5 Å². The Hall–Kier alpha value is -4.00. The number of hydrogen-bond donors (Lipinski definition) is 2. The van der Waals surface area contributed by atoms with E-state index in [4.69, 9.17) is 14.2 Å². The Morgan fingerprint density at radius 3 is 2.49 bits per heavy atom. The number of likely N-dealkylation sites (tertiary alicyclic amines) is 1. The number of nitrogens with zero attached hydrogens (tertiary/aromatic N) is 5. The number of amides is 1. The largest absolute Gasteiger partial charge is 0.465 e. The minimum absolute atomic E-state index is 0.0325. The maximum absolute atomic E-state index is 16.0. The number of nitrogens with one attached hydrogen (secondary N) is 1. The van der Waals surface area contributed by atoms with E-state index in [2.05, 4.69) is 15.3 Å². The number of alkyl halides is 2. The van der Waals surface area contributed by atoms with E-state index in [1.165, 1.54) is 23.0 Å². The molecule has 3 aromatic rings. The Kier molecular flexibility index (Phi) is 12.1. The van der Waals surface area contributed by atoms with Crippen molar-refractivity contribution >= 4 is 38.5 Å². The van der Waals surface area contributed by atoms with E-state index in [9.17, 15) is 23.1 Å². The molecule has 0 saturated carbocycles. The Morgan fingerprint density at radius 1 is 1.09 bits per heavy atom. The smallest absolute Gasteiger partial charge is 0.407 e. The predicted octanol–water partition coefficient (Wildman–Crippen LogP) is 4.38. The van der Waals surface area contributed by atoms with Gasteiger partial charge in [0.1, 0.15) is 29.3 Å². The van der Waals surface area contributed by atoms with E-state index in [0.29, 0.717) is 44.7 Å². The number of piperidine rings is 1. The van der Waals surface area contributed by atoms with Crippen LogP contribution in [-0.2, 0) is 36.5 Å². The van der Waals surface area contributed by atoms with Crippen molar-refractivity contribution in [3.63, 3.8) is 0 Å². The molecule has 0 bridgehead atoms. The molecule has 14 nitrogen and oxygen atoms in total. The Balaban J connectivity index is 1.23. The maximum atomic E-state index is 16.0. The molecule has 0 aliphatic carbocycles. The fourth-order valence-electron chi connectivity index (χ4n) is 7.10. The number of benzene rings is 1. The summed E-state index contributed by atoms with van der Waals surface area (Å²) in [4.78, 5) is 36.8.